The molecule has 1 atom stereocenters. The minimum atomic E-state index is -0.711. The Balaban J connectivity index is 2.61. The Morgan fingerprint density at radius 1 is 1.27 bits per heavy atom. The smallest absolute Gasteiger partial charge is 0.120 e. The molecule has 1 aromatic rings. The molecule has 0 aliphatic heterocycles. The summed E-state index contributed by atoms with van der Waals surface area (Å²) in [5.74, 6) is 0. The van der Waals surface area contributed by atoms with Crippen LogP contribution in [0.1, 0.15) is 44.3 Å². The fourth-order valence-corrected chi connectivity index (χ4v) is 1.62. The lowest BCUT2D eigenvalue weighted by molar-refractivity contribution is 0.0793. The van der Waals surface area contributed by atoms with Crippen molar-refractivity contribution in [1.29, 1.82) is 0 Å². The molecule has 3 heteroatoms. The minimum Gasteiger partial charge on any atom is -0.399 e. The van der Waals surface area contributed by atoms with Crippen LogP contribution in [0.5, 0.6) is 0 Å². The molecular formula is C12H19N2O. The highest BCUT2D eigenvalue weighted by Crippen LogP contribution is 2.26. The molecule has 0 bridgehead atoms. The van der Waals surface area contributed by atoms with Crippen molar-refractivity contribution in [1.82, 2.24) is 0 Å². The first-order valence-electron chi connectivity index (χ1n) is 5.46. The van der Waals surface area contributed by atoms with Crippen LogP contribution in [-0.4, -0.2) is 0 Å². The number of benzene rings is 1. The van der Waals surface area contributed by atoms with E-state index in [2.05, 4.69) is 6.92 Å². The van der Waals surface area contributed by atoms with E-state index in [1.165, 1.54) is 0 Å². The van der Waals surface area contributed by atoms with Gasteiger partial charge in [0.1, 0.15) is 6.10 Å². The molecule has 1 unspecified atom stereocenters. The van der Waals surface area contributed by atoms with Gasteiger partial charge >= 0.3 is 0 Å². The molecule has 0 saturated heterocycles. The summed E-state index contributed by atoms with van der Waals surface area (Å²) in [6.45, 7) is 2.12. The molecule has 0 fully saturated rings. The maximum absolute atomic E-state index is 11.8. The van der Waals surface area contributed by atoms with Gasteiger partial charge in [0.05, 0.1) is 0 Å². The fraction of sp³-hybridized carbons (Fsp3) is 0.500. The molecule has 0 saturated carbocycles. The third-order valence-electron chi connectivity index (χ3n) is 2.53. The second kappa shape index (κ2) is 5.61. The standard InChI is InChI=1S/C12H19N2O/c1-2-3-4-5-12(15)10-7-6-9(13)8-11(10)14/h6-8,12H,2-5,13-14H2,1H3. The summed E-state index contributed by atoms with van der Waals surface area (Å²) in [4.78, 5) is 0. The molecule has 0 aliphatic carbocycles. The second-order valence-electron chi connectivity index (χ2n) is 3.87. The van der Waals surface area contributed by atoms with E-state index >= 15 is 0 Å². The number of unbranched alkanes of at least 4 members (excludes halogenated alkanes) is 2. The van der Waals surface area contributed by atoms with E-state index in [0.717, 1.165) is 19.3 Å². The molecule has 1 radical (unpaired) electrons. The van der Waals surface area contributed by atoms with Gasteiger partial charge in [0.15, 0.2) is 0 Å². The zero-order valence-electron chi connectivity index (χ0n) is 9.20. The van der Waals surface area contributed by atoms with Crippen molar-refractivity contribution in [3.05, 3.63) is 23.8 Å². The van der Waals surface area contributed by atoms with E-state index in [9.17, 15) is 5.11 Å². The van der Waals surface area contributed by atoms with E-state index < -0.39 is 6.10 Å². The molecule has 0 aliphatic rings. The molecule has 1 rings (SSSR count). The van der Waals surface area contributed by atoms with Gasteiger partial charge in [0, 0.05) is 16.9 Å². The molecule has 1 aromatic carbocycles. The maximum Gasteiger partial charge on any atom is 0.120 e. The topological polar surface area (TPSA) is 71.9 Å². The number of anilines is 2. The Morgan fingerprint density at radius 3 is 2.60 bits per heavy atom. The Bertz CT molecular complexity index is 312. The molecule has 0 aromatic heterocycles. The van der Waals surface area contributed by atoms with Crippen LogP contribution in [0.4, 0.5) is 11.4 Å². The van der Waals surface area contributed by atoms with Gasteiger partial charge in [0.25, 0.3) is 0 Å². The van der Waals surface area contributed by atoms with Crippen LogP contribution >= 0.6 is 0 Å². The van der Waals surface area contributed by atoms with Crippen molar-refractivity contribution in [3.63, 3.8) is 0 Å². The monoisotopic (exact) mass is 207 g/mol. The highest BCUT2D eigenvalue weighted by atomic mass is 16.3. The molecule has 15 heavy (non-hydrogen) atoms. The van der Waals surface area contributed by atoms with Gasteiger partial charge in [-0.25, -0.2) is 5.11 Å². The maximum atomic E-state index is 11.8. The molecule has 0 amide bonds. The number of hydrogen-bond acceptors (Lipinski definition) is 2. The average molecular weight is 207 g/mol. The summed E-state index contributed by atoms with van der Waals surface area (Å²) in [7, 11) is 0. The molecule has 83 valence electrons. The van der Waals surface area contributed by atoms with Crippen molar-refractivity contribution in [2.75, 3.05) is 11.5 Å². The first-order chi connectivity index (χ1) is 7.15. The van der Waals surface area contributed by atoms with Crippen molar-refractivity contribution < 1.29 is 5.11 Å². The van der Waals surface area contributed by atoms with Crippen molar-refractivity contribution in [2.24, 2.45) is 0 Å². The summed E-state index contributed by atoms with van der Waals surface area (Å²) in [5.41, 5.74) is 13.1. The minimum absolute atomic E-state index is 0.520. The van der Waals surface area contributed by atoms with Crippen LogP contribution in [0.2, 0.25) is 0 Å². The summed E-state index contributed by atoms with van der Waals surface area (Å²) in [6, 6.07) is 5.13. The number of nitrogens with two attached hydrogens (primary N) is 2. The summed E-state index contributed by atoms with van der Waals surface area (Å²) >= 11 is 0. The van der Waals surface area contributed by atoms with Gasteiger partial charge in [0.2, 0.25) is 0 Å². The van der Waals surface area contributed by atoms with Gasteiger partial charge in [-0.05, 0) is 18.6 Å². The van der Waals surface area contributed by atoms with E-state index in [-0.39, 0.29) is 0 Å². The van der Waals surface area contributed by atoms with E-state index in [1.807, 2.05) is 0 Å². The number of rotatable bonds is 5. The van der Waals surface area contributed by atoms with Crippen LogP contribution in [0.25, 0.3) is 0 Å². The lowest BCUT2D eigenvalue weighted by Gasteiger charge is -2.11. The van der Waals surface area contributed by atoms with Gasteiger partial charge in [-0.1, -0.05) is 32.3 Å². The summed E-state index contributed by atoms with van der Waals surface area (Å²) < 4.78 is 0. The number of nitrogen functional groups attached to an aromatic ring is 2. The molecule has 0 spiro atoms. The Labute approximate surface area is 91.1 Å². The normalized spacial score (nSPS) is 12.7. The third kappa shape index (κ3) is 3.44. The lowest BCUT2D eigenvalue weighted by Crippen LogP contribution is -2.02. The SMILES string of the molecule is CCCCCC([O])c1ccc(N)cc1N. The summed E-state index contributed by atoms with van der Waals surface area (Å²) in [5, 5.41) is 11.8. The van der Waals surface area contributed by atoms with Crippen molar-refractivity contribution in [3.8, 4) is 0 Å². The van der Waals surface area contributed by atoms with Crippen LogP contribution in [0, 0.1) is 0 Å². The zero-order valence-corrected chi connectivity index (χ0v) is 9.20. The Kier molecular flexibility index (Phi) is 4.43. The van der Waals surface area contributed by atoms with E-state index in [4.69, 9.17) is 11.5 Å². The van der Waals surface area contributed by atoms with Gasteiger partial charge in [-0.2, -0.15) is 0 Å². The predicted octanol–water partition coefficient (Wildman–Crippen LogP) is 2.90. The molecule has 0 heterocycles. The highest BCUT2D eigenvalue weighted by Gasteiger charge is 2.12. The van der Waals surface area contributed by atoms with Crippen molar-refractivity contribution in [2.45, 2.75) is 38.7 Å². The lowest BCUT2D eigenvalue weighted by atomic mass is 10.0. The largest absolute Gasteiger partial charge is 0.399 e. The molecular weight excluding hydrogens is 188 g/mol. The third-order valence-corrected chi connectivity index (χ3v) is 2.53. The highest BCUT2D eigenvalue weighted by molar-refractivity contribution is 5.57. The first kappa shape index (κ1) is 11.9. The summed E-state index contributed by atoms with van der Waals surface area (Å²) in [6.07, 6.45) is 3.14. The predicted molar refractivity (Wildman–Crippen MR) is 62.8 cm³/mol. The average Bonchev–Trinajstić information content (AvgIpc) is 2.17. The van der Waals surface area contributed by atoms with Crippen molar-refractivity contribution >= 4 is 11.4 Å². The van der Waals surface area contributed by atoms with E-state index in [0.29, 0.717) is 23.4 Å². The van der Waals surface area contributed by atoms with Gasteiger partial charge in [-0.15, -0.1) is 0 Å². The Morgan fingerprint density at radius 2 is 2.00 bits per heavy atom. The Hall–Kier alpha value is -1.22. The van der Waals surface area contributed by atoms with Crippen LogP contribution < -0.4 is 11.5 Å². The quantitative estimate of drug-likeness (QED) is 0.575. The first-order valence-corrected chi connectivity index (χ1v) is 5.46. The fourth-order valence-electron chi connectivity index (χ4n) is 1.62. The van der Waals surface area contributed by atoms with Gasteiger partial charge in [-0.3, -0.25) is 0 Å². The van der Waals surface area contributed by atoms with Crippen LogP contribution in [0.3, 0.4) is 0 Å². The van der Waals surface area contributed by atoms with Crippen LogP contribution in [0.15, 0.2) is 18.2 Å². The zero-order chi connectivity index (χ0) is 11.3. The van der Waals surface area contributed by atoms with Crippen LogP contribution in [-0.2, 0) is 5.11 Å². The second-order valence-corrected chi connectivity index (χ2v) is 3.87. The molecule has 4 N–H and O–H groups in total. The molecule has 3 nitrogen and oxygen atoms in total. The number of hydrogen-bond donors (Lipinski definition) is 2. The van der Waals surface area contributed by atoms with E-state index in [1.54, 1.807) is 18.2 Å². The van der Waals surface area contributed by atoms with Gasteiger partial charge < -0.3 is 11.5 Å².